The summed E-state index contributed by atoms with van der Waals surface area (Å²) in [6.07, 6.45) is 36.8. The van der Waals surface area contributed by atoms with Gasteiger partial charge in [-0.25, -0.2) is 0 Å². The van der Waals surface area contributed by atoms with Gasteiger partial charge < -0.3 is 9.53 Å². The van der Waals surface area contributed by atoms with E-state index in [4.69, 9.17) is 4.74 Å². The summed E-state index contributed by atoms with van der Waals surface area (Å²) < 4.78 is 5.60. The van der Waals surface area contributed by atoms with Crippen LogP contribution in [-0.2, 0) is 14.3 Å². The van der Waals surface area contributed by atoms with E-state index in [1.165, 1.54) is 148 Å². The lowest BCUT2D eigenvalue weighted by molar-refractivity contribution is -0.150. The first-order chi connectivity index (χ1) is 18.2. The molecule has 0 spiro atoms. The third kappa shape index (κ3) is 29.5. The third-order valence-corrected chi connectivity index (χ3v) is 7.77. The lowest BCUT2D eigenvalue weighted by atomic mass is 10.0. The molecule has 0 aliphatic rings. The molecule has 0 aromatic heterocycles. The van der Waals surface area contributed by atoms with Crippen molar-refractivity contribution in [1.82, 2.24) is 0 Å². The zero-order valence-corrected chi connectivity index (χ0v) is 25.4. The summed E-state index contributed by atoms with van der Waals surface area (Å²) >= 11 is 0. The number of hydrogen-bond donors (Lipinski definition) is 0. The van der Waals surface area contributed by atoms with Crippen molar-refractivity contribution >= 4 is 12.3 Å². The standard InChI is InChI=1S/C34H66O3/c1-3-5-7-9-11-12-13-14-15-16-17-18-19-20-21-22-24-26-28-30-34(36)37-33(31-32-35)29-27-25-23-10-8-6-4-2/h32-33H,3-31H2,1-2H3. The average Bonchev–Trinajstić information content (AvgIpc) is 2.89. The predicted molar refractivity (Wildman–Crippen MR) is 161 cm³/mol. The highest BCUT2D eigenvalue weighted by atomic mass is 16.5. The fourth-order valence-electron chi connectivity index (χ4n) is 5.25. The molecule has 3 heteroatoms. The molecule has 0 aromatic rings. The molecule has 0 aliphatic carbocycles. The fraction of sp³-hybridized carbons (Fsp3) is 0.941. The Labute approximate surface area is 232 Å². The summed E-state index contributed by atoms with van der Waals surface area (Å²) in [5, 5.41) is 0. The SMILES string of the molecule is CCCCCCCCCCCCCCCCCCCCCC(=O)OC(CC=O)CCCCCCCCC. The highest BCUT2D eigenvalue weighted by Gasteiger charge is 2.13. The third-order valence-electron chi connectivity index (χ3n) is 7.77. The minimum Gasteiger partial charge on any atom is -0.462 e. The van der Waals surface area contributed by atoms with Crippen molar-refractivity contribution in [3.63, 3.8) is 0 Å². The van der Waals surface area contributed by atoms with Crippen LogP contribution >= 0.6 is 0 Å². The summed E-state index contributed by atoms with van der Waals surface area (Å²) in [5.74, 6) is -0.109. The van der Waals surface area contributed by atoms with Gasteiger partial charge in [0, 0.05) is 12.8 Å². The first-order valence-electron chi connectivity index (χ1n) is 16.9. The lowest BCUT2D eigenvalue weighted by Gasteiger charge is -2.15. The molecule has 0 rings (SSSR count). The van der Waals surface area contributed by atoms with E-state index in [0.717, 1.165) is 32.0 Å². The van der Waals surface area contributed by atoms with Crippen molar-refractivity contribution in [2.75, 3.05) is 0 Å². The molecular weight excluding hydrogens is 456 g/mol. The average molecular weight is 523 g/mol. The van der Waals surface area contributed by atoms with Gasteiger partial charge in [0.2, 0.25) is 0 Å². The number of esters is 1. The highest BCUT2D eigenvalue weighted by Crippen LogP contribution is 2.16. The van der Waals surface area contributed by atoms with Crippen LogP contribution in [0.1, 0.15) is 200 Å². The molecule has 0 amide bonds. The zero-order chi connectivity index (χ0) is 27.1. The molecule has 0 heterocycles. The van der Waals surface area contributed by atoms with Crippen molar-refractivity contribution in [3.05, 3.63) is 0 Å². The van der Waals surface area contributed by atoms with Crippen molar-refractivity contribution < 1.29 is 14.3 Å². The van der Waals surface area contributed by atoms with Gasteiger partial charge in [-0.05, 0) is 19.3 Å². The van der Waals surface area contributed by atoms with E-state index in [9.17, 15) is 9.59 Å². The second-order valence-corrected chi connectivity index (χ2v) is 11.5. The van der Waals surface area contributed by atoms with Crippen LogP contribution in [0.2, 0.25) is 0 Å². The number of ether oxygens (including phenoxy) is 1. The normalized spacial score (nSPS) is 12.1. The Morgan fingerprint density at radius 2 is 0.838 bits per heavy atom. The van der Waals surface area contributed by atoms with Crippen LogP contribution in [0.5, 0.6) is 0 Å². The van der Waals surface area contributed by atoms with Crippen molar-refractivity contribution in [2.45, 2.75) is 206 Å². The van der Waals surface area contributed by atoms with Gasteiger partial charge in [-0.3, -0.25) is 4.79 Å². The van der Waals surface area contributed by atoms with Crippen LogP contribution in [0.15, 0.2) is 0 Å². The van der Waals surface area contributed by atoms with Gasteiger partial charge in [-0.1, -0.05) is 168 Å². The van der Waals surface area contributed by atoms with Crippen LogP contribution in [0, 0.1) is 0 Å². The fourth-order valence-corrected chi connectivity index (χ4v) is 5.25. The summed E-state index contributed by atoms with van der Waals surface area (Å²) in [6.45, 7) is 4.52. The molecule has 3 nitrogen and oxygen atoms in total. The molecule has 0 N–H and O–H groups in total. The Bertz CT molecular complexity index is 462. The maximum Gasteiger partial charge on any atom is 0.306 e. The van der Waals surface area contributed by atoms with Crippen LogP contribution in [0.4, 0.5) is 0 Å². The van der Waals surface area contributed by atoms with E-state index in [0.29, 0.717) is 12.8 Å². The molecule has 0 aromatic carbocycles. The molecule has 1 atom stereocenters. The Kier molecular flexibility index (Phi) is 30.6. The molecule has 0 saturated carbocycles. The first-order valence-corrected chi connectivity index (χ1v) is 16.9. The largest absolute Gasteiger partial charge is 0.462 e. The number of aldehydes is 1. The highest BCUT2D eigenvalue weighted by molar-refractivity contribution is 5.69. The summed E-state index contributed by atoms with van der Waals surface area (Å²) in [4.78, 5) is 23.1. The Balaban J connectivity index is 3.42. The smallest absolute Gasteiger partial charge is 0.306 e. The molecule has 1 unspecified atom stereocenters. The van der Waals surface area contributed by atoms with Crippen molar-refractivity contribution in [1.29, 1.82) is 0 Å². The number of hydrogen-bond acceptors (Lipinski definition) is 3. The number of carbonyl (C=O) groups is 2. The van der Waals surface area contributed by atoms with Gasteiger partial charge in [0.25, 0.3) is 0 Å². The van der Waals surface area contributed by atoms with Gasteiger partial charge in [-0.15, -0.1) is 0 Å². The lowest BCUT2D eigenvalue weighted by Crippen LogP contribution is -2.18. The van der Waals surface area contributed by atoms with E-state index < -0.39 is 0 Å². The molecule has 37 heavy (non-hydrogen) atoms. The number of carbonyl (C=O) groups excluding carboxylic acids is 2. The van der Waals surface area contributed by atoms with Crippen LogP contribution in [-0.4, -0.2) is 18.4 Å². The van der Waals surface area contributed by atoms with Crippen LogP contribution in [0.25, 0.3) is 0 Å². The second-order valence-electron chi connectivity index (χ2n) is 11.5. The van der Waals surface area contributed by atoms with E-state index in [2.05, 4.69) is 13.8 Å². The monoisotopic (exact) mass is 523 g/mol. The summed E-state index contributed by atoms with van der Waals surface area (Å²) in [5.41, 5.74) is 0. The van der Waals surface area contributed by atoms with Crippen molar-refractivity contribution in [2.24, 2.45) is 0 Å². The van der Waals surface area contributed by atoms with Gasteiger partial charge in [0.1, 0.15) is 12.4 Å². The van der Waals surface area contributed by atoms with Gasteiger partial charge in [-0.2, -0.15) is 0 Å². The van der Waals surface area contributed by atoms with E-state index >= 15 is 0 Å². The minimum absolute atomic E-state index is 0.109. The molecule has 0 aliphatic heterocycles. The van der Waals surface area contributed by atoms with E-state index in [1.54, 1.807) is 0 Å². The Morgan fingerprint density at radius 1 is 0.514 bits per heavy atom. The van der Waals surface area contributed by atoms with Gasteiger partial charge in [0.05, 0.1) is 0 Å². The molecule has 0 fully saturated rings. The molecule has 0 radical (unpaired) electrons. The molecular formula is C34H66O3. The summed E-state index contributed by atoms with van der Waals surface area (Å²) in [7, 11) is 0. The minimum atomic E-state index is -0.207. The maximum atomic E-state index is 12.2. The quantitative estimate of drug-likeness (QED) is 0.0516. The van der Waals surface area contributed by atoms with Gasteiger partial charge in [0.15, 0.2) is 0 Å². The Hall–Kier alpha value is -0.860. The molecule has 220 valence electrons. The molecule has 0 saturated heterocycles. The number of rotatable bonds is 31. The molecule has 0 bridgehead atoms. The van der Waals surface area contributed by atoms with Crippen LogP contribution < -0.4 is 0 Å². The Morgan fingerprint density at radius 3 is 1.19 bits per heavy atom. The summed E-state index contributed by atoms with van der Waals surface area (Å²) in [6, 6.07) is 0. The van der Waals surface area contributed by atoms with Gasteiger partial charge >= 0.3 is 5.97 Å². The zero-order valence-electron chi connectivity index (χ0n) is 25.4. The number of unbranched alkanes of at least 4 members (excludes halogenated alkanes) is 24. The maximum absolute atomic E-state index is 12.2. The van der Waals surface area contributed by atoms with Crippen LogP contribution in [0.3, 0.4) is 0 Å². The second kappa shape index (κ2) is 31.4. The topological polar surface area (TPSA) is 43.4 Å². The van der Waals surface area contributed by atoms with E-state index in [-0.39, 0.29) is 12.1 Å². The van der Waals surface area contributed by atoms with E-state index in [1.807, 2.05) is 0 Å². The first kappa shape index (κ1) is 36.1. The van der Waals surface area contributed by atoms with Crippen molar-refractivity contribution in [3.8, 4) is 0 Å². The predicted octanol–water partition coefficient (Wildman–Crippen LogP) is 11.4.